The van der Waals surface area contributed by atoms with E-state index in [0.29, 0.717) is 0 Å². The maximum absolute atomic E-state index is 10.4. The zero-order valence-corrected chi connectivity index (χ0v) is 8.62. The summed E-state index contributed by atoms with van der Waals surface area (Å²) in [5.74, 6) is 0. The minimum Gasteiger partial charge on any atom is -0.387 e. The van der Waals surface area contributed by atoms with Gasteiger partial charge < -0.3 is 19.7 Å². The summed E-state index contributed by atoms with van der Waals surface area (Å²) in [4.78, 5) is 9.71. The lowest BCUT2D eigenvalue weighted by Gasteiger charge is -2.41. The highest BCUT2D eigenvalue weighted by atomic mass is 16.7. The van der Waals surface area contributed by atoms with Crippen LogP contribution >= 0.6 is 0 Å². The van der Waals surface area contributed by atoms with E-state index in [2.05, 4.69) is 0 Å². The SMILES string of the molecule is CO[C@@H]1C[C@](O)(C[N+](=O)[O-])[C@@H](O)[C@H](C)O1. The van der Waals surface area contributed by atoms with Crippen molar-refractivity contribution in [1.82, 2.24) is 0 Å². The van der Waals surface area contributed by atoms with Crippen molar-refractivity contribution in [2.24, 2.45) is 0 Å². The van der Waals surface area contributed by atoms with Gasteiger partial charge in [0.15, 0.2) is 11.9 Å². The van der Waals surface area contributed by atoms with E-state index in [4.69, 9.17) is 9.47 Å². The first kappa shape index (κ1) is 12.3. The number of aliphatic hydroxyl groups is 2. The molecule has 1 rings (SSSR count). The van der Waals surface area contributed by atoms with Crippen LogP contribution in [0.15, 0.2) is 0 Å². The second-order valence-electron chi connectivity index (χ2n) is 3.75. The molecule has 1 saturated heterocycles. The minimum atomic E-state index is -1.79. The number of hydrogen-bond donors (Lipinski definition) is 2. The summed E-state index contributed by atoms with van der Waals surface area (Å²) >= 11 is 0. The molecule has 0 amide bonds. The van der Waals surface area contributed by atoms with Gasteiger partial charge in [-0.1, -0.05) is 0 Å². The van der Waals surface area contributed by atoms with Crippen LogP contribution in [-0.2, 0) is 9.47 Å². The fourth-order valence-corrected chi connectivity index (χ4v) is 1.73. The van der Waals surface area contributed by atoms with Gasteiger partial charge in [0, 0.05) is 18.5 Å². The Hall–Kier alpha value is -0.760. The van der Waals surface area contributed by atoms with Crippen LogP contribution in [0.1, 0.15) is 13.3 Å². The van der Waals surface area contributed by atoms with Crippen LogP contribution in [0, 0.1) is 10.1 Å². The second-order valence-corrected chi connectivity index (χ2v) is 3.75. The zero-order valence-electron chi connectivity index (χ0n) is 8.62. The smallest absolute Gasteiger partial charge is 0.235 e. The molecule has 1 aliphatic rings. The summed E-state index contributed by atoms with van der Waals surface area (Å²) in [6.45, 7) is 0.808. The van der Waals surface area contributed by atoms with E-state index in [0.717, 1.165) is 0 Å². The minimum absolute atomic E-state index is 0.115. The number of nitrogens with zero attached hydrogens (tertiary/aromatic N) is 1. The average Bonchev–Trinajstić information content (AvgIpc) is 2.12. The van der Waals surface area contributed by atoms with E-state index < -0.39 is 35.6 Å². The number of nitro groups is 1. The summed E-state index contributed by atoms with van der Waals surface area (Å²) in [5, 5.41) is 29.9. The molecule has 0 spiro atoms. The summed E-state index contributed by atoms with van der Waals surface area (Å²) < 4.78 is 10.0. The van der Waals surface area contributed by atoms with Gasteiger partial charge in [-0.3, -0.25) is 10.1 Å². The molecular formula is C8H15NO6. The van der Waals surface area contributed by atoms with Gasteiger partial charge in [0.25, 0.3) is 0 Å². The van der Waals surface area contributed by atoms with E-state index in [-0.39, 0.29) is 6.42 Å². The third-order valence-electron chi connectivity index (χ3n) is 2.55. The molecule has 7 nitrogen and oxygen atoms in total. The summed E-state index contributed by atoms with van der Waals surface area (Å²) in [7, 11) is 1.38. The van der Waals surface area contributed by atoms with Crippen molar-refractivity contribution >= 4 is 0 Å². The lowest BCUT2D eigenvalue weighted by molar-refractivity contribution is -0.510. The van der Waals surface area contributed by atoms with Crippen molar-refractivity contribution in [2.45, 2.75) is 37.4 Å². The van der Waals surface area contributed by atoms with E-state index in [1.165, 1.54) is 14.0 Å². The van der Waals surface area contributed by atoms with Gasteiger partial charge in [0.1, 0.15) is 6.10 Å². The molecule has 2 N–H and O–H groups in total. The molecule has 15 heavy (non-hydrogen) atoms. The summed E-state index contributed by atoms with van der Waals surface area (Å²) in [5.41, 5.74) is -1.79. The maximum atomic E-state index is 10.4. The molecule has 1 fully saturated rings. The number of ether oxygens (including phenoxy) is 2. The van der Waals surface area contributed by atoms with Crippen LogP contribution in [0.2, 0.25) is 0 Å². The fourth-order valence-electron chi connectivity index (χ4n) is 1.73. The Morgan fingerprint density at radius 2 is 2.33 bits per heavy atom. The normalized spacial score (nSPS) is 41.5. The topological polar surface area (TPSA) is 102 Å². The molecule has 0 aromatic rings. The van der Waals surface area contributed by atoms with Crippen LogP contribution in [0.5, 0.6) is 0 Å². The Labute approximate surface area is 86.8 Å². The Bertz CT molecular complexity index is 247. The fraction of sp³-hybridized carbons (Fsp3) is 1.00. The van der Waals surface area contributed by atoms with Crippen molar-refractivity contribution in [2.75, 3.05) is 13.7 Å². The monoisotopic (exact) mass is 221 g/mol. The molecular weight excluding hydrogens is 206 g/mol. The van der Waals surface area contributed by atoms with E-state index in [1.807, 2.05) is 0 Å². The predicted molar refractivity (Wildman–Crippen MR) is 48.8 cm³/mol. The highest BCUT2D eigenvalue weighted by Crippen LogP contribution is 2.29. The zero-order chi connectivity index (χ0) is 11.6. The van der Waals surface area contributed by atoms with Gasteiger partial charge in [-0.25, -0.2) is 0 Å². The summed E-state index contributed by atoms with van der Waals surface area (Å²) in [6, 6.07) is 0. The molecule has 1 aliphatic heterocycles. The number of aliphatic hydroxyl groups excluding tert-OH is 1. The van der Waals surface area contributed by atoms with Gasteiger partial charge in [0.2, 0.25) is 6.54 Å². The second kappa shape index (κ2) is 4.40. The van der Waals surface area contributed by atoms with Crippen molar-refractivity contribution in [3.05, 3.63) is 10.1 Å². The van der Waals surface area contributed by atoms with Gasteiger partial charge in [-0.2, -0.15) is 0 Å². The first-order chi connectivity index (χ1) is 6.89. The number of hydrogen-bond acceptors (Lipinski definition) is 6. The molecule has 0 aromatic carbocycles. The lowest BCUT2D eigenvalue weighted by Crippen LogP contribution is -2.59. The van der Waals surface area contributed by atoms with E-state index >= 15 is 0 Å². The summed E-state index contributed by atoms with van der Waals surface area (Å²) in [6.07, 6.45) is -2.83. The van der Waals surface area contributed by atoms with Gasteiger partial charge >= 0.3 is 0 Å². The first-order valence-corrected chi connectivity index (χ1v) is 4.59. The Kier molecular flexibility index (Phi) is 3.61. The van der Waals surface area contributed by atoms with Gasteiger partial charge in [0.05, 0.1) is 6.10 Å². The Morgan fingerprint density at radius 3 is 2.80 bits per heavy atom. The van der Waals surface area contributed by atoms with Crippen molar-refractivity contribution in [3.8, 4) is 0 Å². The van der Waals surface area contributed by atoms with Crippen LogP contribution in [0.25, 0.3) is 0 Å². The molecule has 0 aliphatic carbocycles. The van der Waals surface area contributed by atoms with Crippen LogP contribution in [0.4, 0.5) is 0 Å². The molecule has 88 valence electrons. The lowest BCUT2D eigenvalue weighted by atomic mass is 9.87. The van der Waals surface area contributed by atoms with Crippen molar-refractivity contribution < 1.29 is 24.6 Å². The van der Waals surface area contributed by atoms with E-state index in [9.17, 15) is 20.3 Å². The predicted octanol–water partition coefficient (Wildman–Crippen LogP) is -0.864. The van der Waals surface area contributed by atoms with Crippen LogP contribution in [-0.4, -0.2) is 52.9 Å². The maximum Gasteiger partial charge on any atom is 0.235 e. The molecule has 0 unspecified atom stereocenters. The molecule has 1 heterocycles. The third-order valence-corrected chi connectivity index (χ3v) is 2.55. The largest absolute Gasteiger partial charge is 0.387 e. The molecule has 4 atom stereocenters. The molecule has 7 heteroatoms. The Balaban J connectivity index is 2.78. The molecule has 0 radical (unpaired) electrons. The van der Waals surface area contributed by atoms with Crippen molar-refractivity contribution in [1.29, 1.82) is 0 Å². The first-order valence-electron chi connectivity index (χ1n) is 4.59. The molecule has 0 saturated carbocycles. The number of rotatable bonds is 3. The van der Waals surface area contributed by atoms with Crippen molar-refractivity contribution in [3.63, 3.8) is 0 Å². The molecule has 0 bridgehead atoms. The molecule has 0 aromatic heterocycles. The highest BCUT2D eigenvalue weighted by molar-refractivity contribution is 4.94. The van der Waals surface area contributed by atoms with Gasteiger partial charge in [-0.05, 0) is 6.92 Å². The van der Waals surface area contributed by atoms with Crippen LogP contribution in [0.3, 0.4) is 0 Å². The van der Waals surface area contributed by atoms with E-state index in [1.54, 1.807) is 0 Å². The standard InChI is InChI=1S/C8H15NO6/c1-5-7(10)8(11,4-9(12)13)3-6(14-2)15-5/h5-7,10-11H,3-4H2,1-2H3/t5-,6-,7-,8-/m0/s1. The van der Waals surface area contributed by atoms with Gasteiger partial charge in [-0.15, -0.1) is 0 Å². The highest BCUT2D eigenvalue weighted by Gasteiger charge is 2.50. The van der Waals surface area contributed by atoms with Crippen LogP contribution < -0.4 is 0 Å². The quantitative estimate of drug-likeness (QED) is 0.474. The number of methoxy groups -OCH3 is 1. The third kappa shape index (κ3) is 2.63. The average molecular weight is 221 g/mol. The Morgan fingerprint density at radius 1 is 1.73 bits per heavy atom.